The van der Waals surface area contributed by atoms with Crippen molar-refractivity contribution in [2.45, 2.75) is 126 Å². The molecule has 0 radical (unpaired) electrons. The summed E-state index contributed by atoms with van der Waals surface area (Å²) >= 11 is 0. The molecular formula is C35H58. The summed E-state index contributed by atoms with van der Waals surface area (Å²) in [6.45, 7) is 20.9. The molecule has 0 bridgehead atoms. The molecule has 2 aromatic carbocycles. The Kier molecular flexibility index (Phi) is 14.6. The van der Waals surface area contributed by atoms with Crippen molar-refractivity contribution in [3.8, 4) is 11.1 Å². The minimum absolute atomic E-state index is 0.271. The van der Waals surface area contributed by atoms with Gasteiger partial charge in [0.1, 0.15) is 0 Å². The second-order valence-electron chi connectivity index (χ2n) is 9.87. The molecular weight excluding hydrogens is 420 g/mol. The van der Waals surface area contributed by atoms with Gasteiger partial charge in [0.2, 0.25) is 0 Å². The first kappa shape index (κ1) is 31.5. The van der Waals surface area contributed by atoms with Crippen LogP contribution in [0, 0.1) is 23.7 Å². The second-order valence-corrected chi connectivity index (χ2v) is 9.87. The van der Waals surface area contributed by atoms with Gasteiger partial charge in [0.15, 0.2) is 0 Å². The van der Waals surface area contributed by atoms with Crippen LogP contribution < -0.4 is 0 Å². The molecule has 0 atom stereocenters. The fourth-order valence-electron chi connectivity index (χ4n) is 6.95. The summed E-state index contributed by atoms with van der Waals surface area (Å²) in [7, 11) is 0. The van der Waals surface area contributed by atoms with Crippen molar-refractivity contribution < 1.29 is 0 Å². The first-order valence-electron chi connectivity index (χ1n) is 15.4. The first-order chi connectivity index (χ1) is 17.2. The van der Waals surface area contributed by atoms with Gasteiger partial charge < -0.3 is 0 Å². The number of rotatable bonds is 2. The number of fused-ring (bicyclic) bond motifs is 3. The van der Waals surface area contributed by atoms with E-state index in [0.717, 1.165) is 23.7 Å². The summed E-state index contributed by atoms with van der Waals surface area (Å²) in [4.78, 5) is 0. The van der Waals surface area contributed by atoms with Crippen LogP contribution >= 0.6 is 0 Å². The Morgan fingerprint density at radius 1 is 0.457 bits per heavy atom. The van der Waals surface area contributed by atoms with Crippen molar-refractivity contribution in [1.82, 2.24) is 0 Å². The summed E-state index contributed by atoms with van der Waals surface area (Å²) < 4.78 is 0. The van der Waals surface area contributed by atoms with Crippen LogP contribution in [0.5, 0.6) is 0 Å². The first-order valence-corrected chi connectivity index (χ1v) is 15.4. The van der Waals surface area contributed by atoms with Gasteiger partial charge in [0.05, 0.1) is 0 Å². The van der Waals surface area contributed by atoms with E-state index in [4.69, 9.17) is 0 Å². The van der Waals surface area contributed by atoms with Gasteiger partial charge in [-0.25, -0.2) is 0 Å². The van der Waals surface area contributed by atoms with Crippen LogP contribution in [0.2, 0.25) is 0 Å². The lowest BCUT2D eigenvalue weighted by molar-refractivity contribution is 0.112. The van der Waals surface area contributed by atoms with Crippen LogP contribution in [0.25, 0.3) is 11.1 Å². The van der Waals surface area contributed by atoms with Crippen LogP contribution in [-0.4, -0.2) is 0 Å². The fourth-order valence-corrected chi connectivity index (χ4v) is 6.95. The van der Waals surface area contributed by atoms with Crippen LogP contribution in [0.3, 0.4) is 0 Å². The predicted molar refractivity (Wildman–Crippen MR) is 160 cm³/mol. The summed E-state index contributed by atoms with van der Waals surface area (Å²) in [5.74, 6) is 3.46. The number of hydrogen-bond acceptors (Lipinski definition) is 0. The third-order valence-electron chi connectivity index (χ3n) is 8.36. The number of benzene rings is 2. The van der Waals surface area contributed by atoms with Crippen molar-refractivity contribution in [2.75, 3.05) is 0 Å². The third kappa shape index (κ3) is 6.42. The van der Waals surface area contributed by atoms with Crippen molar-refractivity contribution in [2.24, 2.45) is 23.7 Å². The normalized spacial score (nSPS) is 25.3. The minimum Gasteiger partial charge on any atom is -0.0683 e. The predicted octanol–water partition coefficient (Wildman–Crippen LogP) is 11.7. The molecule has 0 aromatic heterocycles. The zero-order chi connectivity index (χ0) is 26.4. The molecule has 0 unspecified atom stereocenters. The van der Waals surface area contributed by atoms with Crippen LogP contribution in [0.1, 0.15) is 132 Å². The topological polar surface area (TPSA) is 0 Å². The minimum atomic E-state index is 0.271. The van der Waals surface area contributed by atoms with E-state index in [-0.39, 0.29) is 5.41 Å². The molecule has 0 N–H and O–H groups in total. The molecule has 0 aliphatic heterocycles. The maximum absolute atomic E-state index is 2.49. The highest BCUT2D eigenvalue weighted by Crippen LogP contribution is 2.62. The van der Waals surface area contributed by atoms with Crippen molar-refractivity contribution >= 4 is 0 Å². The summed E-state index contributed by atoms with van der Waals surface area (Å²) in [6, 6.07) is 18.9. The van der Waals surface area contributed by atoms with E-state index in [0.29, 0.717) is 0 Å². The second kappa shape index (κ2) is 16.2. The molecule has 35 heavy (non-hydrogen) atoms. The molecule has 0 heterocycles. The van der Waals surface area contributed by atoms with Gasteiger partial charge in [-0.1, -0.05) is 143 Å². The van der Waals surface area contributed by atoms with E-state index >= 15 is 0 Å². The molecule has 3 aliphatic rings. The Morgan fingerprint density at radius 3 is 1.06 bits per heavy atom. The largest absolute Gasteiger partial charge is 0.0683 e. The molecule has 5 rings (SSSR count). The van der Waals surface area contributed by atoms with Gasteiger partial charge >= 0.3 is 0 Å². The number of hydrogen-bond donors (Lipinski definition) is 0. The zero-order valence-corrected chi connectivity index (χ0v) is 25.1. The Hall–Kier alpha value is -1.56. The van der Waals surface area contributed by atoms with Gasteiger partial charge in [0.25, 0.3) is 0 Å². The standard InChI is InChI=1S/C27H34.4C2H6/c1-19-11-15-21(16-12-19)27(22-17-13-20(2)14-18-22)25-9-5-3-7-23(25)24-8-4-6-10-26(24)27;4*1-2/h3-10,19-22H,11-18H2,1-2H3;4*1-2H3. The fraction of sp³-hybridized carbons (Fsp3) is 0.657. The average molecular weight is 479 g/mol. The lowest BCUT2D eigenvalue weighted by atomic mass is 9.54. The molecule has 0 amide bonds. The lowest BCUT2D eigenvalue weighted by Crippen LogP contribution is -2.45. The SMILES string of the molecule is CC.CC.CC.CC.CC1CCC(C2(C3CCC(C)CC3)c3ccccc3-c3ccccc32)CC1. The monoisotopic (exact) mass is 478 g/mol. The van der Waals surface area contributed by atoms with Crippen molar-refractivity contribution in [3.05, 3.63) is 59.7 Å². The maximum Gasteiger partial charge on any atom is 0.0271 e. The smallest absolute Gasteiger partial charge is 0.0271 e. The molecule has 0 spiro atoms. The third-order valence-corrected chi connectivity index (χ3v) is 8.36. The average Bonchev–Trinajstić information content (AvgIpc) is 3.25. The Bertz CT molecular complexity index is 731. The van der Waals surface area contributed by atoms with Crippen molar-refractivity contribution in [1.29, 1.82) is 0 Å². The van der Waals surface area contributed by atoms with E-state index in [9.17, 15) is 0 Å². The van der Waals surface area contributed by atoms with Gasteiger partial charge in [-0.2, -0.15) is 0 Å². The van der Waals surface area contributed by atoms with Gasteiger partial charge in [-0.3, -0.25) is 0 Å². The lowest BCUT2D eigenvalue weighted by Gasteiger charge is -2.50. The summed E-state index contributed by atoms with van der Waals surface area (Å²) in [5.41, 5.74) is 6.68. The molecule has 0 nitrogen and oxygen atoms in total. The van der Waals surface area contributed by atoms with E-state index < -0.39 is 0 Å². The van der Waals surface area contributed by atoms with Gasteiger partial charge in [0, 0.05) is 5.41 Å². The highest BCUT2D eigenvalue weighted by atomic mass is 14.6. The van der Waals surface area contributed by atoms with E-state index in [1.807, 2.05) is 55.4 Å². The molecule has 198 valence electrons. The quantitative estimate of drug-likeness (QED) is 0.402. The van der Waals surface area contributed by atoms with Gasteiger partial charge in [-0.15, -0.1) is 0 Å². The summed E-state index contributed by atoms with van der Waals surface area (Å²) in [5, 5.41) is 0. The zero-order valence-electron chi connectivity index (χ0n) is 25.1. The maximum atomic E-state index is 2.49. The van der Waals surface area contributed by atoms with E-state index in [2.05, 4.69) is 62.4 Å². The van der Waals surface area contributed by atoms with E-state index in [1.54, 1.807) is 11.1 Å². The summed E-state index contributed by atoms with van der Waals surface area (Å²) in [6.07, 6.45) is 11.3. The Morgan fingerprint density at radius 2 is 0.743 bits per heavy atom. The molecule has 3 aliphatic carbocycles. The molecule has 0 saturated heterocycles. The Labute approximate surface area is 220 Å². The van der Waals surface area contributed by atoms with Gasteiger partial charge in [-0.05, 0) is 71.6 Å². The van der Waals surface area contributed by atoms with Crippen LogP contribution in [0.15, 0.2) is 48.5 Å². The van der Waals surface area contributed by atoms with Crippen LogP contribution in [0.4, 0.5) is 0 Å². The molecule has 2 saturated carbocycles. The molecule has 2 aromatic rings. The van der Waals surface area contributed by atoms with Crippen LogP contribution in [-0.2, 0) is 5.41 Å². The van der Waals surface area contributed by atoms with E-state index in [1.165, 1.54) is 62.5 Å². The highest BCUT2D eigenvalue weighted by molar-refractivity contribution is 5.81. The molecule has 2 fully saturated rings. The molecule has 0 heteroatoms. The van der Waals surface area contributed by atoms with Crippen molar-refractivity contribution in [3.63, 3.8) is 0 Å². The highest BCUT2D eigenvalue weighted by Gasteiger charge is 2.53. The Balaban J connectivity index is 0.000000699.